The van der Waals surface area contributed by atoms with E-state index in [1.165, 1.54) is 35.2 Å². The first-order valence-corrected chi connectivity index (χ1v) is 40.6. The summed E-state index contributed by atoms with van der Waals surface area (Å²) in [6.07, 6.45) is 14.4. The summed E-state index contributed by atoms with van der Waals surface area (Å²) >= 11 is 0. The Hall–Kier alpha value is -9.29. The van der Waals surface area contributed by atoms with Gasteiger partial charge in [-0.2, -0.15) is 0 Å². The number of nitrogens with two attached hydrogens (primary N) is 2. The molecule has 22 heteroatoms. The molecule has 0 unspecified atom stereocenters. The minimum absolute atomic E-state index is 0. The molecule has 6 aromatic carbocycles. The normalized spacial score (nSPS) is 18.0. The van der Waals surface area contributed by atoms with E-state index in [9.17, 15) is 43.5 Å². The third-order valence-corrected chi connectivity index (χ3v) is 19.8. The fourth-order valence-electron chi connectivity index (χ4n) is 14.2. The zero-order chi connectivity index (χ0) is 82.4. The van der Waals surface area contributed by atoms with Crippen molar-refractivity contribution in [1.82, 2.24) is 25.3 Å². The predicted octanol–water partition coefficient (Wildman–Crippen LogP) is 13.9. The molecule has 12 rings (SSSR count). The van der Waals surface area contributed by atoms with Crippen LogP contribution in [0.5, 0.6) is 0 Å². The van der Waals surface area contributed by atoms with Crippen LogP contribution in [0, 0.1) is 0 Å². The Morgan fingerprint density at radius 2 is 0.748 bits per heavy atom. The number of aromatic carboxylic acids is 1. The summed E-state index contributed by atoms with van der Waals surface area (Å²) in [5.74, 6) is -0.553. The van der Waals surface area contributed by atoms with Crippen LogP contribution in [0.1, 0.15) is 257 Å². The summed E-state index contributed by atoms with van der Waals surface area (Å²) in [7, 11) is 0. The number of benzene rings is 6. The molecule has 0 spiro atoms. The molecule has 6 atom stereocenters. The van der Waals surface area contributed by atoms with E-state index in [2.05, 4.69) is 96.8 Å². The summed E-state index contributed by atoms with van der Waals surface area (Å²) in [6, 6.07) is 47.0. The number of amides is 5. The van der Waals surface area contributed by atoms with Crippen molar-refractivity contribution in [1.29, 1.82) is 0 Å². The van der Waals surface area contributed by atoms with Crippen molar-refractivity contribution in [3.8, 4) is 0 Å². The molecule has 3 saturated carbocycles. The third kappa shape index (κ3) is 27.7. The quantitative estimate of drug-likeness (QED) is 0.0237. The number of hydrogen-bond donors (Lipinski definition) is 5. The zero-order valence-electron chi connectivity index (χ0n) is 70.6. The molecular formula is C93H117KN10O11. The van der Waals surface area contributed by atoms with Gasteiger partial charge in [0, 0.05) is 150 Å². The van der Waals surface area contributed by atoms with Gasteiger partial charge in [-0.25, -0.2) is 9.79 Å². The van der Waals surface area contributed by atoms with Crippen LogP contribution in [0.25, 0.3) is 18.2 Å². The number of esters is 2. The first kappa shape index (κ1) is 91.2. The maximum absolute atomic E-state index is 13.6. The monoisotopic (exact) mass is 1590 g/mol. The summed E-state index contributed by atoms with van der Waals surface area (Å²) in [5.41, 5.74) is 22.2. The van der Waals surface area contributed by atoms with Gasteiger partial charge in [-0.05, 0) is 171 Å². The van der Waals surface area contributed by atoms with Gasteiger partial charge in [-0.1, -0.05) is 151 Å². The van der Waals surface area contributed by atoms with E-state index in [1.54, 1.807) is 57.2 Å². The summed E-state index contributed by atoms with van der Waals surface area (Å²) in [6.45, 7) is 27.2. The van der Waals surface area contributed by atoms with Gasteiger partial charge >= 0.3 is 69.3 Å². The number of carboxylic acids is 1. The van der Waals surface area contributed by atoms with Crippen molar-refractivity contribution in [3.63, 3.8) is 0 Å². The van der Waals surface area contributed by atoms with Gasteiger partial charge in [0.25, 0.3) is 11.8 Å². The van der Waals surface area contributed by atoms with Crippen molar-refractivity contribution in [2.24, 2.45) is 26.4 Å². The number of carbonyl (C=O) groups is 8. The van der Waals surface area contributed by atoms with Gasteiger partial charge in [0.2, 0.25) is 17.7 Å². The van der Waals surface area contributed by atoms with Gasteiger partial charge in [0.1, 0.15) is 17.0 Å². The van der Waals surface area contributed by atoms with E-state index in [0.717, 1.165) is 75.6 Å². The van der Waals surface area contributed by atoms with Crippen molar-refractivity contribution in [3.05, 3.63) is 212 Å². The standard InChI is InChI=1S/C33H41N3O4.C27H32N4O2.C24H32N2O5.C9H11N.K.H/c1-6-15-36(16-7-2)32(39)25-17-23-13-14-24(31(38)35-29-21-27(29)22-11-9-8-10-12-22)19-28(23)34-26(18-25)20-30(37)40-33(3,4)5;1-3-12-31(13-4-2)27(33)21-14-19-10-11-20(15-23(19)29-25(28)16-21)26(32)30-24-17-22(24)18-8-6-5-7-9-18;1-6-10-26(11-7-2)22(28)18-12-16-8-9-17(23(29)30)14-20(16)25-19(13-18)15-21(27)31-24(3,4)5;10-9-6-8(9)7-4-2-1-3-5-7;;/h8-14,17,19,27,29H,6-7,15-16,18,20-21H2,1-5H3,(H,35,38);5-11,14-15,22,24H,3-4,12-13,16-17H2,1-2H3,(H2,28,29)(H,30,32);8-9,12,14H,6-7,10-11,13,15H2,1-5H3,(H,29,30);1-5,8-9H,6,10H2;;/q;;;;+1;-1/t27-,29+;22-,24+;;8-,9+;;/m00.0../s1. The maximum atomic E-state index is 13.6. The molecule has 3 heterocycles. The number of fused-ring (bicyclic) bond motifs is 3. The fourth-order valence-corrected chi connectivity index (χ4v) is 14.2. The van der Waals surface area contributed by atoms with Gasteiger partial charge in [-0.3, -0.25) is 43.5 Å². The summed E-state index contributed by atoms with van der Waals surface area (Å²) in [5, 5.41) is 15.6. The Morgan fingerprint density at radius 3 is 1.06 bits per heavy atom. The number of hydrogen-bond acceptors (Lipinski definition) is 15. The zero-order valence-corrected chi connectivity index (χ0v) is 72.7. The van der Waals surface area contributed by atoms with E-state index < -0.39 is 29.1 Å². The molecule has 0 saturated heterocycles. The number of nitrogens with zero attached hydrogens (tertiary/aromatic N) is 6. The van der Waals surface area contributed by atoms with Crippen LogP contribution in [0.15, 0.2) is 177 Å². The Balaban J connectivity index is 0.000000226. The maximum Gasteiger partial charge on any atom is 1.00 e. The van der Waals surface area contributed by atoms with Crippen molar-refractivity contribution in [2.45, 2.75) is 220 Å². The first-order valence-electron chi connectivity index (χ1n) is 40.6. The number of ether oxygens (including phenoxy) is 2. The molecular weight excluding hydrogens is 1470 g/mol. The molecule has 3 aliphatic heterocycles. The van der Waals surface area contributed by atoms with Crippen LogP contribution in [-0.2, 0) is 33.4 Å². The smallest absolute Gasteiger partial charge is 1.00 e. The number of amidine groups is 1. The molecule has 0 radical (unpaired) electrons. The van der Waals surface area contributed by atoms with E-state index in [-0.39, 0.29) is 126 Å². The molecule has 115 heavy (non-hydrogen) atoms. The number of rotatable bonds is 27. The van der Waals surface area contributed by atoms with E-state index in [0.29, 0.717) is 124 Å². The molecule has 606 valence electrons. The van der Waals surface area contributed by atoms with Crippen LogP contribution in [-0.4, -0.2) is 153 Å². The molecule has 5 amide bonds. The number of nitrogens with one attached hydrogen (secondary N) is 2. The Labute approximate surface area is 723 Å². The minimum atomic E-state index is -1.06. The number of carboxylic acid groups (broad SMARTS) is 1. The fraction of sp³-hybridized carbons (Fsp3) is 0.430. The Kier molecular flexibility index (Phi) is 34.2. The summed E-state index contributed by atoms with van der Waals surface area (Å²) < 4.78 is 11.0. The first-order chi connectivity index (χ1) is 54.5. The SMILES string of the molecule is CCCN(CCC)C(=O)C1=Cc2ccc(C(=O)N[C@@H]3C[C@H]3c3ccccc3)cc2N=C(CC(=O)OC(C)(C)C)C1.CCCN(CCC)C(=O)C1=Cc2ccc(C(=O)N[C@@H]3C[C@H]3c3ccccc3)cc2N=C(N)C1.CCCN(CCC)C(=O)C1=Cc2ccc(C(=O)O)cc2N=C(CC(=O)OC(C)(C)C)C1.N[C@@H]1C[C@H]1c1ccccc1.[H-].[K+]. The van der Waals surface area contributed by atoms with Crippen molar-refractivity contribution < 1.29 is 106 Å². The minimum Gasteiger partial charge on any atom is -1.00 e. The van der Waals surface area contributed by atoms with Crippen LogP contribution >= 0.6 is 0 Å². The molecule has 6 aromatic rings. The summed E-state index contributed by atoms with van der Waals surface area (Å²) in [4.78, 5) is 122. The molecule has 7 N–H and O–H groups in total. The van der Waals surface area contributed by atoms with Crippen molar-refractivity contribution in [2.75, 3.05) is 39.3 Å². The second-order valence-electron chi connectivity index (χ2n) is 32.1. The van der Waals surface area contributed by atoms with Crippen LogP contribution in [0.2, 0.25) is 0 Å². The van der Waals surface area contributed by atoms with Crippen LogP contribution in [0.4, 0.5) is 17.1 Å². The Bertz CT molecular complexity index is 4610. The number of carbonyl (C=O) groups excluding carboxylic acids is 7. The van der Waals surface area contributed by atoms with Gasteiger partial charge in [0.15, 0.2) is 0 Å². The average molecular weight is 1590 g/mol. The van der Waals surface area contributed by atoms with Crippen LogP contribution in [0.3, 0.4) is 0 Å². The largest absolute Gasteiger partial charge is 1.00 e. The second kappa shape index (κ2) is 43.1. The van der Waals surface area contributed by atoms with E-state index in [1.807, 2.05) is 116 Å². The molecule has 21 nitrogen and oxygen atoms in total. The molecule has 3 fully saturated rings. The molecule has 0 aromatic heterocycles. The molecule has 3 aliphatic carbocycles. The molecule has 0 bridgehead atoms. The van der Waals surface area contributed by atoms with Gasteiger partial charge in [-0.15, -0.1) is 0 Å². The average Bonchev–Trinajstić information content (AvgIpc) is 1.65. The topological polar surface area (TPSA) is 298 Å². The Morgan fingerprint density at radius 1 is 0.443 bits per heavy atom. The van der Waals surface area contributed by atoms with E-state index >= 15 is 0 Å². The third-order valence-electron chi connectivity index (χ3n) is 19.8. The number of aliphatic imine (C=N–C) groups is 3. The van der Waals surface area contributed by atoms with Crippen LogP contribution < -0.4 is 73.5 Å². The molecule has 6 aliphatic rings. The van der Waals surface area contributed by atoms with Gasteiger partial charge < -0.3 is 52.8 Å². The second-order valence-corrected chi connectivity index (χ2v) is 32.1. The van der Waals surface area contributed by atoms with E-state index in [4.69, 9.17) is 25.9 Å². The van der Waals surface area contributed by atoms with Gasteiger partial charge in [0.05, 0.1) is 35.5 Å². The van der Waals surface area contributed by atoms with Crippen molar-refractivity contribution >= 4 is 100.0 Å². The predicted molar refractivity (Wildman–Crippen MR) is 455 cm³/mol.